The fourth-order valence-corrected chi connectivity index (χ4v) is 6.33. The highest BCUT2D eigenvalue weighted by molar-refractivity contribution is 7.79. The molecule has 0 amide bonds. The smallest absolute Gasteiger partial charge is 0.416 e. The molecule has 0 saturated heterocycles. The number of nitrogens with zero attached hydrogens (tertiary/aromatic N) is 2. The van der Waals surface area contributed by atoms with E-state index in [0.29, 0.717) is 24.3 Å². The van der Waals surface area contributed by atoms with Gasteiger partial charge in [-0.3, -0.25) is 0 Å². The summed E-state index contributed by atoms with van der Waals surface area (Å²) in [7, 11) is -3.76. The molecule has 45 heavy (non-hydrogen) atoms. The van der Waals surface area contributed by atoms with Crippen LogP contribution in [0.5, 0.6) is 23.3 Å². The molecular weight excluding hydrogens is 648 g/mol. The summed E-state index contributed by atoms with van der Waals surface area (Å²) < 4.78 is 173. The second-order valence-corrected chi connectivity index (χ2v) is 10.9. The summed E-state index contributed by atoms with van der Waals surface area (Å²) >= 11 is 0. The van der Waals surface area contributed by atoms with Crippen molar-refractivity contribution in [1.29, 1.82) is 0 Å². The Morgan fingerprint density at radius 1 is 0.489 bits per heavy atom. The zero-order chi connectivity index (χ0) is 32.6. The number of alkyl halides is 3. The molecule has 3 aromatic carbocycles. The van der Waals surface area contributed by atoms with E-state index in [2.05, 4.69) is 9.97 Å². The minimum absolute atomic E-state index is 0.326. The van der Waals surface area contributed by atoms with Crippen molar-refractivity contribution in [2.24, 2.45) is 0 Å². The van der Waals surface area contributed by atoms with Crippen molar-refractivity contribution >= 4 is 23.8 Å². The third-order valence-electron chi connectivity index (χ3n) is 5.99. The van der Waals surface area contributed by atoms with Crippen molar-refractivity contribution in [2.45, 2.75) is 6.18 Å². The van der Waals surface area contributed by atoms with Gasteiger partial charge in [-0.2, -0.15) is 30.7 Å². The number of ether oxygens (including phenoxy) is 2. The molecule has 0 saturated carbocycles. The van der Waals surface area contributed by atoms with Crippen LogP contribution in [0.4, 0.5) is 48.3 Å². The number of halogens is 11. The van der Waals surface area contributed by atoms with Crippen molar-refractivity contribution in [3.63, 3.8) is 0 Å². The normalized spacial score (nSPS) is 11.6. The van der Waals surface area contributed by atoms with Crippen LogP contribution in [-0.4, -0.2) is 9.97 Å². The minimum atomic E-state index is -4.96. The molecule has 0 bridgehead atoms. The van der Waals surface area contributed by atoms with Gasteiger partial charge in [-0.15, -0.1) is 0 Å². The lowest BCUT2D eigenvalue weighted by Crippen LogP contribution is -2.32. The first-order valence-corrected chi connectivity index (χ1v) is 13.5. The first-order valence-electron chi connectivity index (χ1n) is 12.2. The van der Waals surface area contributed by atoms with Crippen LogP contribution in [0, 0.1) is 46.5 Å². The predicted molar refractivity (Wildman–Crippen MR) is 138 cm³/mol. The molecule has 4 nitrogen and oxygen atoms in total. The van der Waals surface area contributed by atoms with Crippen molar-refractivity contribution in [2.75, 3.05) is 0 Å². The molecule has 2 aromatic heterocycles. The van der Waals surface area contributed by atoms with E-state index in [0.717, 1.165) is 24.5 Å². The Hall–Kier alpha value is -4.78. The van der Waals surface area contributed by atoms with Crippen LogP contribution in [0.25, 0.3) is 0 Å². The van der Waals surface area contributed by atoms with Crippen molar-refractivity contribution in [3.05, 3.63) is 125 Å². The van der Waals surface area contributed by atoms with E-state index in [1.54, 1.807) is 0 Å². The third kappa shape index (κ3) is 5.99. The van der Waals surface area contributed by atoms with Gasteiger partial charge in [-0.25, -0.2) is 27.5 Å². The molecule has 0 N–H and O–H groups in total. The maximum Gasteiger partial charge on any atom is 0.416 e. The first kappa shape index (κ1) is 31.6. The van der Waals surface area contributed by atoms with Gasteiger partial charge in [0.1, 0.15) is 0 Å². The zero-order valence-electron chi connectivity index (χ0n) is 21.7. The Balaban J connectivity index is 1.76. The summed E-state index contributed by atoms with van der Waals surface area (Å²) in [6, 6.07) is 9.05. The monoisotopic (exact) mass is 660 g/mol. The van der Waals surface area contributed by atoms with E-state index in [1.165, 1.54) is 24.3 Å². The average Bonchev–Trinajstić information content (AvgIpc) is 3.03. The molecule has 0 aliphatic carbocycles. The maximum atomic E-state index is 15.6. The van der Waals surface area contributed by atoms with Crippen LogP contribution < -0.4 is 25.4 Å². The lowest BCUT2D eigenvalue weighted by Gasteiger charge is -2.24. The minimum Gasteiger partial charge on any atom is -0.433 e. The molecule has 0 fully saturated rings. The van der Waals surface area contributed by atoms with E-state index in [1.807, 2.05) is 0 Å². The molecule has 0 unspecified atom stereocenters. The molecule has 5 aromatic rings. The second-order valence-electron chi connectivity index (χ2n) is 8.79. The Labute approximate surface area is 246 Å². The van der Waals surface area contributed by atoms with Gasteiger partial charge in [-0.05, 0) is 37.5 Å². The van der Waals surface area contributed by atoms with Crippen molar-refractivity contribution in [1.82, 2.24) is 9.97 Å². The number of aromatic nitrogens is 2. The second kappa shape index (κ2) is 12.3. The van der Waals surface area contributed by atoms with Gasteiger partial charge >= 0.3 is 6.18 Å². The summed E-state index contributed by atoms with van der Waals surface area (Å²) in [6.45, 7) is 0. The quantitative estimate of drug-likeness (QED) is 0.101. The summed E-state index contributed by atoms with van der Waals surface area (Å²) in [4.78, 5) is 7.18. The molecule has 2 heterocycles. The highest BCUT2D eigenvalue weighted by Gasteiger charge is 2.39. The van der Waals surface area contributed by atoms with Crippen LogP contribution >= 0.6 is 7.92 Å². The molecule has 0 aliphatic rings. The van der Waals surface area contributed by atoms with Crippen LogP contribution in [-0.2, 0) is 6.18 Å². The summed E-state index contributed by atoms with van der Waals surface area (Å²) in [6.07, 6.45) is -2.75. The van der Waals surface area contributed by atoms with Gasteiger partial charge in [-0.1, -0.05) is 24.3 Å². The molecule has 0 radical (unpaired) electrons. The topological polar surface area (TPSA) is 44.2 Å². The highest BCUT2D eigenvalue weighted by Crippen LogP contribution is 2.44. The van der Waals surface area contributed by atoms with Crippen LogP contribution in [0.15, 0.2) is 73.1 Å². The Kier molecular flexibility index (Phi) is 8.66. The van der Waals surface area contributed by atoms with E-state index < -0.39 is 105 Å². The van der Waals surface area contributed by atoms with E-state index in [4.69, 9.17) is 9.47 Å². The van der Waals surface area contributed by atoms with Gasteiger partial charge < -0.3 is 9.47 Å². The SMILES string of the molecule is Fc1c(F)c(P(c2ccc(C(F)(F)F)cc2)c2c(F)c(F)c(Oc3ccccn3)c(F)c2F)c(F)c(F)c1Oc1ccccn1. The van der Waals surface area contributed by atoms with Crippen molar-refractivity contribution < 1.29 is 57.8 Å². The Morgan fingerprint density at radius 2 is 0.867 bits per heavy atom. The highest BCUT2D eigenvalue weighted by atomic mass is 31.1. The van der Waals surface area contributed by atoms with Crippen LogP contribution in [0.1, 0.15) is 5.56 Å². The lowest BCUT2D eigenvalue weighted by atomic mass is 10.2. The molecule has 0 atom stereocenters. The lowest BCUT2D eigenvalue weighted by molar-refractivity contribution is -0.137. The number of pyridine rings is 2. The fourth-order valence-electron chi connectivity index (χ4n) is 3.97. The molecule has 232 valence electrons. The number of rotatable bonds is 7. The molecular formula is C29H12F11N2O2P. The predicted octanol–water partition coefficient (Wildman–Crippen LogP) is 7.95. The van der Waals surface area contributed by atoms with E-state index in [9.17, 15) is 13.2 Å². The summed E-state index contributed by atoms with van der Waals surface area (Å²) in [5.41, 5.74) is -1.34. The van der Waals surface area contributed by atoms with Crippen LogP contribution in [0.2, 0.25) is 0 Å². The van der Waals surface area contributed by atoms with Gasteiger partial charge in [0.25, 0.3) is 0 Å². The van der Waals surface area contributed by atoms with Gasteiger partial charge in [0.15, 0.2) is 23.3 Å². The summed E-state index contributed by atoms with van der Waals surface area (Å²) in [5, 5.41) is -4.37. The zero-order valence-corrected chi connectivity index (χ0v) is 22.6. The standard InChI is InChI=1S/C29H12F11N2O2P/c30-17-21(34)27(22(35)18(31)25(17)43-15-5-1-3-11-41-15)45(14-9-7-13(8-10-14)29(38,39)40)28-23(36)19(32)26(20(33)24(28)37)44-16-6-2-4-12-42-16/h1-12H. The number of hydrogen-bond donors (Lipinski definition) is 0. The Bertz CT molecular complexity index is 1710. The molecule has 0 spiro atoms. The number of hydrogen-bond acceptors (Lipinski definition) is 4. The number of benzene rings is 3. The summed E-state index contributed by atoms with van der Waals surface area (Å²) in [5.74, 6) is -22.7. The van der Waals surface area contributed by atoms with Gasteiger partial charge in [0.05, 0.1) is 16.2 Å². The molecule has 16 heteroatoms. The molecule has 0 aliphatic heterocycles. The largest absolute Gasteiger partial charge is 0.433 e. The fraction of sp³-hybridized carbons (Fsp3) is 0.0345. The van der Waals surface area contributed by atoms with E-state index >= 15 is 35.1 Å². The van der Waals surface area contributed by atoms with Gasteiger partial charge in [0.2, 0.25) is 46.5 Å². The molecule has 5 rings (SSSR count). The third-order valence-corrected chi connectivity index (χ3v) is 8.48. The Morgan fingerprint density at radius 3 is 1.18 bits per heavy atom. The first-order chi connectivity index (χ1) is 21.3. The average molecular weight is 660 g/mol. The van der Waals surface area contributed by atoms with Crippen LogP contribution in [0.3, 0.4) is 0 Å². The van der Waals surface area contributed by atoms with E-state index in [-0.39, 0.29) is 0 Å². The van der Waals surface area contributed by atoms with Crippen molar-refractivity contribution in [3.8, 4) is 23.3 Å². The maximum absolute atomic E-state index is 15.6. The van der Waals surface area contributed by atoms with Gasteiger partial charge in [0, 0.05) is 24.5 Å².